The summed E-state index contributed by atoms with van der Waals surface area (Å²) in [7, 11) is -0.0879. The summed E-state index contributed by atoms with van der Waals surface area (Å²) in [6.45, 7) is 1.04. The summed E-state index contributed by atoms with van der Waals surface area (Å²) in [5.41, 5.74) is 0.575. The zero-order chi connectivity index (χ0) is 21.9. The molecule has 0 saturated heterocycles. The van der Waals surface area contributed by atoms with E-state index in [4.69, 9.17) is 11.6 Å². The molecule has 168 valence electrons. The number of amides is 1. The summed E-state index contributed by atoms with van der Waals surface area (Å²) in [6.07, 6.45) is 0.638. The van der Waals surface area contributed by atoms with Crippen LogP contribution in [-0.2, 0) is 14.6 Å². The van der Waals surface area contributed by atoms with Gasteiger partial charge in [0, 0.05) is 6.54 Å². The fourth-order valence-electron chi connectivity index (χ4n) is 2.86. The molecule has 0 atom stereocenters. The molecular weight excluding hydrogens is 484 g/mol. The van der Waals surface area contributed by atoms with Gasteiger partial charge in [-0.3, -0.25) is 9.69 Å². The van der Waals surface area contributed by atoms with Crippen molar-refractivity contribution in [1.29, 1.82) is 0 Å². The van der Waals surface area contributed by atoms with Crippen LogP contribution in [0.4, 0.5) is 9.52 Å². The number of hydrogen-bond acceptors (Lipinski definition) is 6. The molecule has 6 nitrogen and oxygen atoms in total. The van der Waals surface area contributed by atoms with E-state index in [0.29, 0.717) is 28.6 Å². The predicted molar refractivity (Wildman–Crippen MR) is 126 cm³/mol. The number of aromatic nitrogens is 1. The average molecular weight is 506 g/mol. The highest BCUT2D eigenvalue weighted by molar-refractivity contribution is 7.92. The molecule has 0 fully saturated rings. The molecule has 31 heavy (non-hydrogen) atoms. The predicted octanol–water partition coefficient (Wildman–Crippen LogP) is 4.27. The van der Waals surface area contributed by atoms with E-state index in [1.54, 1.807) is 12.1 Å². The number of carbonyl (C=O) groups excluding carboxylic acids is 1. The first kappa shape index (κ1) is 25.5. The number of sulfone groups is 1. The van der Waals surface area contributed by atoms with Crippen LogP contribution in [0.3, 0.4) is 0 Å². The summed E-state index contributed by atoms with van der Waals surface area (Å²) in [4.78, 5) is 20.8. The van der Waals surface area contributed by atoms with E-state index in [2.05, 4.69) is 4.98 Å². The third kappa shape index (κ3) is 6.36. The van der Waals surface area contributed by atoms with Crippen molar-refractivity contribution in [1.82, 2.24) is 9.88 Å². The van der Waals surface area contributed by atoms with Crippen LogP contribution in [0.5, 0.6) is 0 Å². The Bertz CT molecular complexity index is 1150. The maximum absolute atomic E-state index is 13.1. The van der Waals surface area contributed by atoms with Gasteiger partial charge in [0.25, 0.3) is 0 Å². The summed E-state index contributed by atoms with van der Waals surface area (Å²) < 4.78 is 39.3. The highest BCUT2D eigenvalue weighted by Crippen LogP contribution is 2.33. The third-order valence-corrected chi connectivity index (χ3v) is 7.33. The van der Waals surface area contributed by atoms with Crippen LogP contribution in [0.15, 0.2) is 47.4 Å². The zero-order valence-corrected chi connectivity index (χ0v) is 20.1. The molecule has 0 unspecified atom stereocenters. The molecule has 0 N–H and O–H groups in total. The number of hydrogen-bond donors (Lipinski definition) is 0. The molecule has 3 rings (SSSR count). The minimum Gasteiger partial charge on any atom is -0.309 e. The van der Waals surface area contributed by atoms with Crippen molar-refractivity contribution >= 4 is 66.4 Å². The van der Waals surface area contributed by atoms with Gasteiger partial charge in [-0.2, -0.15) is 0 Å². The minimum atomic E-state index is -3.93. The van der Waals surface area contributed by atoms with E-state index >= 15 is 0 Å². The average Bonchev–Trinajstić information content (AvgIpc) is 3.10. The fraction of sp³-hybridized carbons (Fsp3) is 0.300. The Labute approximate surface area is 196 Å². The molecule has 0 radical (unpaired) electrons. The molecule has 0 aliphatic carbocycles. The van der Waals surface area contributed by atoms with Crippen molar-refractivity contribution in [3.8, 4) is 0 Å². The Hall–Kier alpha value is -1.78. The van der Waals surface area contributed by atoms with Crippen LogP contribution >= 0.6 is 35.3 Å². The number of carbonyl (C=O) groups is 1. The maximum Gasteiger partial charge on any atom is 0.244 e. The standard InChI is InChI=1S/C20H21ClFN3O3S2.ClH/c1-24(2)11-4-12-25(20-23-19-16(21)5-3-6-17(19)29-20)18(26)13-30(27,28)15-9-7-14(22)8-10-15;/h3,5-10H,4,11-13H2,1-2H3;1H. The van der Waals surface area contributed by atoms with E-state index < -0.39 is 27.3 Å². The number of anilines is 1. The van der Waals surface area contributed by atoms with Gasteiger partial charge in [-0.25, -0.2) is 17.8 Å². The van der Waals surface area contributed by atoms with E-state index in [-0.39, 0.29) is 17.3 Å². The molecule has 0 saturated carbocycles. The van der Waals surface area contributed by atoms with Gasteiger partial charge in [-0.05, 0) is 63.5 Å². The van der Waals surface area contributed by atoms with E-state index in [9.17, 15) is 17.6 Å². The summed E-state index contributed by atoms with van der Waals surface area (Å²) in [5, 5.41) is 0.866. The summed E-state index contributed by atoms with van der Waals surface area (Å²) in [6, 6.07) is 9.79. The SMILES string of the molecule is CN(C)CCCN(C(=O)CS(=O)(=O)c1ccc(F)cc1)c1nc2c(Cl)cccc2s1.Cl. The fourth-order valence-corrected chi connectivity index (χ4v) is 5.36. The van der Waals surface area contributed by atoms with Crippen molar-refractivity contribution in [3.63, 3.8) is 0 Å². The number of fused-ring (bicyclic) bond motifs is 1. The molecule has 0 bridgehead atoms. The normalized spacial score (nSPS) is 11.5. The number of nitrogens with zero attached hydrogens (tertiary/aromatic N) is 3. The second-order valence-corrected chi connectivity index (χ2v) is 10.4. The lowest BCUT2D eigenvalue weighted by Crippen LogP contribution is -2.37. The Morgan fingerprint density at radius 3 is 2.42 bits per heavy atom. The van der Waals surface area contributed by atoms with Gasteiger partial charge in [0.05, 0.1) is 14.6 Å². The van der Waals surface area contributed by atoms with Crippen LogP contribution in [0.1, 0.15) is 6.42 Å². The maximum atomic E-state index is 13.1. The first-order chi connectivity index (χ1) is 14.2. The molecule has 11 heteroatoms. The molecule has 1 aromatic heterocycles. The second kappa shape index (κ2) is 10.7. The Balaban J connectivity index is 0.00000341. The van der Waals surface area contributed by atoms with Crippen LogP contribution in [0, 0.1) is 5.82 Å². The van der Waals surface area contributed by atoms with Gasteiger partial charge in [-0.1, -0.05) is 29.0 Å². The number of thiazole rings is 1. The molecule has 1 amide bonds. The van der Waals surface area contributed by atoms with Crippen LogP contribution < -0.4 is 4.90 Å². The van der Waals surface area contributed by atoms with Gasteiger partial charge < -0.3 is 4.90 Å². The molecule has 0 aliphatic heterocycles. The minimum absolute atomic E-state index is 0. The van der Waals surface area contributed by atoms with Crippen LogP contribution in [0.2, 0.25) is 5.02 Å². The van der Waals surface area contributed by atoms with Crippen molar-refractivity contribution < 1.29 is 17.6 Å². The zero-order valence-electron chi connectivity index (χ0n) is 16.9. The van der Waals surface area contributed by atoms with E-state index in [1.807, 2.05) is 25.1 Å². The highest BCUT2D eigenvalue weighted by atomic mass is 35.5. The van der Waals surface area contributed by atoms with Gasteiger partial charge in [0.15, 0.2) is 15.0 Å². The molecular formula is C20H22Cl2FN3O3S2. The lowest BCUT2D eigenvalue weighted by atomic mass is 10.3. The topological polar surface area (TPSA) is 70.6 Å². The molecule has 0 spiro atoms. The Morgan fingerprint density at radius 1 is 1.13 bits per heavy atom. The summed E-state index contributed by atoms with van der Waals surface area (Å²) >= 11 is 7.49. The number of para-hydroxylation sites is 1. The molecule has 0 aliphatic rings. The van der Waals surface area contributed by atoms with Crippen molar-refractivity contribution in [2.24, 2.45) is 0 Å². The van der Waals surface area contributed by atoms with Gasteiger partial charge in [0.2, 0.25) is 5.91 Å². The highest BCUT2D eigenvalue weighted by Gasteiger charge is 2.26. The number of benzene rings is 2. The van der Waals surface area contributed by atoms with Gasteiger partial charge >= 0.3 is 0 Å². The third-order valence-electron chi connectivity index (χ3n) is 4.36. The van der Waals surface area contributed by atoms with Crippen molar-refractivity contribution in [2.45, 2.75) is 11.3 Å². The molecule has 2 aromatic carbocycles. The first-order valence-corrected chi connectivity index (χ1v) is 12.0. The molecule has 3 aromatic rings. The van der Waals surface area contributed by atoms with E-state index in [1.165, 1.54) is 16.2 Å². The number of halogens is 3. The van der Waals surface area contributed by atoms with Crippen LogP contribution in [0.25, 0.3) is 10.2 Å². The van der Waals surface area contributed by atoms with Gasteiger partial charge in [-0.15, -0.1) is 12.4 Å². The van der Waals surface area contributed by atoms with Crippen molar-refractivity contribution in [2.75, 3.05) is 37.8 Å². The summed E-state index contributed by atoms with van der Waals surface area (Å²) in [5.74, 6) is -1.87. The largest absolute Gasteiger partial charge is 0.309 e. The van der Waals surface area contributed by atoms with Crippen molar-refractivity contribution in [3.05, 3.63) is 53.3 Å². The quantitative estimate of drug-likeness (QED) is 0.427. The number of rotatable bonds is 8. The molecule has 1 heterocycles. The lowest BCUT2D eigenvalue weighted by Gasteiger charge is -2.21. The Morgan fingerprint density at radius 2 is 1.81 bits per heavy atom. The second-order valence-electron chi connectivity index (χ2n) is 7.00. The monoisotopic (exact) mass is 505 g/mol. The first-order valence-electron chi connectivity index (χ1n) is 9.16. The lowest BCUT2D eigenvalue weighted by molar-refractivity contribution is -0.116. The van der Waals surface area contributed by atoms with E-state index in [0.717, 1.165) is 35.5 Å². The Kier molecular flexibility index (Phi) is 8.79. The van der Waals surface area contributed by atoms with Crippen LogP contribution in [-0.4, -0.2) is 57.1 Å². The van der Waals surface area contributed by atoms with Gasteiger partial charge in [0.1, 0.15) is 17.1 Å². The smallest absolute Gasteiger partial charge is 0.244 e.